The van der Waals surface area contributed by atoms with Crippen molar-refractivity contribution in [1.29, 1.82) is 0 Å². The van der Waals surface area contributed by atoms with E-state index in [4.69, 9.17) is 51.1 Å². The van der Waals surface area contributed by atoms with Crippen LogP contribution in [-0.2, 0) is 43.7 Å². The molecule has 6 aromatic rings. The lowest BCUT2D eigenvalue weighted by Crippen LogP contribution is -2.38. The highest BCUT2D eigenvalue weighted by atomic mass is 35.5. The van der Waals surface area contributed by atoms with Crippen LogP contribution in [0, 0.1) is 34.9 Å². The van der Waals surface area contributed by atoms with E-state index in [1.807, 2.05) is 6.92 Å². The van der Waals surface area contributed by atoms with Crippen molar-refractivity contribution in [3.63, 3.8) is 0 Å². The molecule has 0 saturated carbocycles. The zero-order valence-corrected chi connectivity index (χ0v) is 37.4. The first-order chi connectivity index (χ1) is 31.1. The number of hydrogen-bond donors (Lipinski definition) is 1. The van der Waals surface area contributed by atoms with Crippen LogP contribution in [0.15, 0.2) is 60.7 Å². The number of aliphatic hydroxyl groups excluding tert-OH is 1. The van der Waals surface area contributed by atoms with Crippen molar-refractivity contribution >= 4 is 69.6 Å². The van der Waals surface area contributed by atoms with Crippen LogP contribution in [0.3, 0.4) is 0 Å². The van der Waals surface area contributed by atoms with Crippen LogP contribution in [0.5, 0.6) is 0 Å². The van der Waals surface area contributed by atoms with Crippen LogP contribution in [0.1, 0.15) is 74.1 Å². The molecule has 1 fully saturated rings. The number of carbonyl (C=O) groups is 2. The molecule has 0 atom stereocenters. The van der Waals surface area contributed by atoms with Crippen LogP contribution in [0.2, 0.25) is 20.4 Å². The fraction of sp³-hybridized carbons (Fsp3) is 0.289. The summed E-state index contributed by atoms with van der Waals surface area (Å²) in [6.07, 6.45) is 3.78. The van der Waals surface area contributed by atoms with Gasteiger partial charge < -0.3 is 19.6 Å². The lowest BCUT2D eigenvalue weighted by molar-refractivity contribution is 0.0966. The molecule has 4 aromatic carbocycles. The Morgan fingerprint density at radius 2 is 1.06 bits per heavy atom. The molecule has 1 N–H and O–H groups in total. The molecule has 342 valence electrons. The van der Waals surface area contributed by atoms with Gasteiger partial charge in [-0.05, 0) is 79.6 Å². The molecule has 3 aliphatic heterocycles. The van der Waals surface area contributed by atoms with Gasteiger partial charge in [0.05, 0.1) is 41.1 Å². The second kappa shape index (κ2) is 20.6. The van der Waals surface area contributed by atoms with Gasteiger partial charge in [0.25, 0.3) is 11.8 Å². The zero-order chi connectivity index (χ0) is 46.7. The summed E-state index contributed by atoms with van der Waals surface area (Å²) < 4.78 is 91.6. The topological polar surface area (TPSA) is 106 Å². The van der Waals surface area contributed by atoms with Crippen molar-refractivity contribution < 1.29 is 45.8 Å². The number of halogens is 10. The molecule has 5 heterocycles. The molecule has 0 aliphatic carbocycles. The van der Waals surface area contributed by atoms with Crippen LogP contribution >= 0.6 is 46.4 Å². The standard InChI is InChI=1S/C21H16Cl2F3N3O.C20H14Cl2F3N3O2.C4H8O/c1-2-11-8-14(22)18(26)16(9-11)28-7-6-13-19(21(28)30)27-29(20(13)23)10-12-4-3-5-15(24)17(12)25;21-13-6-10(9-29)7-15(17(13)25)27-5-4-12-18(20(27)30)26-28(19(12)22)8-11-2-1-3-14(23)16(11)24;1-2-4-5-3-1/h3-5,8-9H,2,6-7,10H2,1H3;1-3,6-7,29H,4-5,8-9H2;1-4H2. The monoisotopic (exact) mass is 980 g/mol. The number of hydrogen-bond acceptors (Lipinski definition) is 6. The molecule has 10 nitrogen and oxygen atoms in total. The molecule has 20 heteroatoms. The molecular formula is C45H38Cl4F6N6O4. The Labute approximate surface area is 388 Å². The lowest BCUT2D eigenvalue weighted by atomic mass is 10.0. The first kappa shape index (κ1) is 47.9. The van der Waals surface area contributed by atoms with Crippen molar-refractivity contribution in [3.8, 4) is 0 Å². The SMILES string of the molecule is C1CCOC1.CCc1cc(Cl)c(F)c(N2CCc3c(nn(Cc4cccc(F)c4F)c3Cl)C2=O)c1.O=C1c2nn(Cc3cccc(F)c3F)c(Cl)c2CCN1c1cc(CO)cc(Cl)c1F. The molecule has 0 radical (unpaired) electrons. The number of nitrogens with zero attached hydrogens (tertiary/aromatic N) is 6. The third-order valence-electron chi connectivity index (χ3n) is 10.9. The summed E-state index contributed by atoms with van der Waals surface area (Å²) in [5.74, 6) is -6.61. The van der Waals surface area contributed by atoms with Gasteiger partial charge >= 0.3 is 0 Å². The zero-order valence-electron chi connectivity index (χ0n) is 34.4. The van der Waals surface area contributed by atoms with Gasteiger partial charge in [-0.15, -0.1) is 0 Å². The fourth-order valence-electron chi connectivity index (χ4n) is 7.44. The average Bonchev–Trinajstić information content (AvgIpc) is 4.06. The summed E-state index contributed by atoms with van der Waals surface area (Å²) in [5.41, 5.74) is 2.20. The highest BCUT2D eigenvalue weighted by molar-refractivity contribution is 6.32. The molecule has 3 aliphatic rings. The normalized spacial score (nSPS) is 14.5. The first-order valence-corrected chi connectivity index (χ1v) is 21.8. The molecular weight excluding hydrogens is 944 g/mol. The summed E-state index contributed by atoms with van der Waals surface area (Å²) in [5, 5.41) is 17.7. The minimum Gasteiger partial charge on any atom is -0.392 e. The predicted octanol–water partition coefficient (Wildman–Crippen LogP) is 10.6. The van der Waals surface area contributed by atoms with Gasteiger partial charge in [0.15, 0.2) is 46.3 Å². The quantitative estimate of drug-likeness (QED) is 0.152. The number of carbonyl (C=O) groups excluding carboxylic acids is 2. The van der Waals surface area contributed by atoms with Crippen LogP contribution in [0.4, 0.5) is 37.7 Å². The maximum absolute atomic E-state index is 14.7. The number of aromatic nitrogens is 4. The molecule has 0 spiro atoms. The van der Waals surface area contributed by atoms with E-state index in [9.17, 15) is 41.0 Å². The lowest BCUT2D eigenvalue weighted by Gasteiger charge is -2.27. The fourth-order valence-corrected chi connectivity index (χ4v) is 8.48. The van der Waals surface area contributed by atoms with E-state index in [1.165, 1.54) is 74.5 Å². The maximum atomic E-state index is 14.7. The molecule has 0 unspecified atom stereocenters. The van der Waals surface area contributed by atoms with Gasteiger partial charge in [-0.3, -0.25) is 9.59 Å². The van der Waals surface area contributed by atoms with Crippen LogP contribution in [0.25, 0.3) is 0 Å². The Morgan fingerprint density at radius 3 is 1.46 bits per heavy atom. The number of anilines is 2. The van der Waals surface area contributed by atoms with Crippen molar-refractivity contribution in [2.24, 2.45) is 0 Å². The van der Waals surface area contributed by atoms with Crippen molar-refractivity contribution in [2.45, 2.75) is 58.7 Å². The number of aliphatic hydroxyl groups is 1. The second-order valence-corrected chi connectivity index (χ2v) is 16.6. The summed E-state index contributed by atoms with van der Waals surface area (Å²) in [7, 11) is 0. The minimum absolute atomic E-state index is 0.00650. The first-order valence-electron chi connectivity index (χ1n) is 20.3. The maximum Gasteiger partial charge on any atom is 0.279 e. The van der Waals surface area contributed by atoms with E-state index < -0.39 is 46.7 Å². The molecule has 0 bridgehead atoms. The number of rotatable bonds is 8. The third-order valence-corrected chi connectivity index (χ3v) is 12.3. The van der Waals surface area contributed by atoms with E-state index in [0.717, 1.165) is 30.9 Å². The Bertz CT molecular complexity index is 2600. The molecule has 2 aromatic heterocycles. The number of benzene rings is 4. The number of aryl methyl sites for hydroxylation is 1. The predicted molar refractivity (Wildman–Crippen MR) is 234 cm³/mol. The Morgan fingerprint density at radius 1 is 0.631 bits per heavy atom. The number of amides is 2. The van der Waals surface area contributed by atoms with E-state index >= 15 is 0 Å². The van der Waals surface area contributed by atoms with Gasteiger partial charge in [0, 0.05) is 48.6 Å². The third kappa shape index (κ3) is 10.0. The minimum atomic E-state index is -1.02. The van der Waals surface area contributed by atoms with E-state index in [-0.39, 0.29) is 93.4 Å². The summed E-state index contributed by atoms with van der Waals surface area (Å²) in [6, 6.07) is 13.3. The summed E-state index contributed by atoms with van der Waals surface area (Å²) in [4.78, 5) is 28.5. The molecule has 2 amide bonds. The smallest absolute Gasteiger partial charge is 0.279 e. The Hall–Kier alpha value is -5.10. The summed E-state index contributed by atoms with van der Waals surface area (Å²) in [6.45, 7) is 3.49. The summed E-state index contributed by atoms with van der Waals surface area (Å²) >= 11 is 24.6. The van der Waals surface area contributed by atoms with Crippen LogP contribution in [-0.4, -0.2) is 62.8 Å². The van der Waals surface area contributed by atoms with Crippen LogP contribution < -0.4 is 9.80 Å². The highest BCUT2D eigenvalue weighted by Gasteiger charge is 2.35. The highest BCUT2D eigenvalue weighted by Crippen LogP contribution is 2.36. The Kier molecular flexibility index (Phi) is 15.2. The Balaban J connectivity index is 0.000000175. The van der Waals surface area contributed by atoms with Gasteiger partial charge in [-0.2, -0.15) is 10.2 Å². The number of ether oxygens (including phenoxy) is 1. The second-order valence-electron chi connectivity index (χ2n) is 15.0. The average molecular weight is 983 g/mol. The molecule has 9 rings (SSSR count). The van der Waals surface area contributed by atoms with E-state index in [2.05, 4.69) is 10.2 Å². The molecule has 65 heavy (non-hydrogen) atoms. The van der Waals surface area contributed by atoms with Gasteiger partial charge in [0.2, 0.25) is 0 Å². The van der Waals surface area contributed by atoms with Gasteiger partial charge in [-0.25, -0.2) is 35.7 Å². The number of fused-ring (bicyclic) bond motifs is 2. The molecule has 1 saturated heterocycles. The largest absolute Gasteiger partial charge is 0.392 e. The van der Waals surface area contributed by atoms with Gasteiger partial charge in [-0.1, -0.05) is 77.6 Å². The van der Waals surface area contributed by atoms with E-state index in [1.54, 1.807) is 6.07 Å². The van der Waals surface area contributed by atoms with Crippen molar-refractivity contribution in [1.82, 2.24) is 19.6 Å². The van der Waals surface area contributed by atoms with Crippen molar-refractivity contribution in [3.05, 3.63) is 161 Å². The van der Waals surface area contributed by atoms with Gasteiger partial charge in [0.1, 0.15) is 10.3 Å². The van der Waals surface area contributed by atoms with E-state index in [0.29, 0.717) is 29.5 Å². The van der Waals surface area contributed by atoms with Crippen molar-refractivity contribution in [2.75, 3.05) is 36.1 Å².